The number of aliphatic hydroxyl groups is 1. The number of aryl methyl sites for hydroxylation is 2. The highest BCUT2D eigenvalue weighted by atomic mass is 19.1. The van der Waals surface area contributed by atoms with Crippen LogP contribution in [0.4, 0.5) is 8.78 Å². The molecule has 0 aliphatic rings. The molecule has 1 aromatic heterocycles. The Morgan fingerprint density at radius 2 is 1.76 bits per heavy atom. The van der Waals surface area contributed by atoms with Crippen molar-refractivity contribution in [2.24, 2.45) is 0 Å². The van der Waals surface area contributed by atoms with E-state index in [2.05, 4.69) is 15.6 Å². The largest absolute Gasteiger partial charge is 0.497 e. The average molecular weight is 577 g/mol. The van der Waals surface area contributed by atoms with E-state index in [1.165, 1.54) is 6.07 Å². The Morgan fingerprint density at radius 1 is 1.02 bits per heavy atom. The van der Waals surface area contributed by atoms with Crippen LogP contribution < -0.4 is 15.4 Å². The molecule has 0 aliphatic carbocycles. The molecule has 10 heteroatoms. The molecule has 220 valence electrons. The molecular weight excluding hydrogens is 542 g/mol. The lowest BCUT2D eigenvalue weighted by Gasteiger charge is -2.25. The van der Waals surface area contributed by atoms with Crippen LogP contribution in [0.3, 0.4) is 0 Å². The minimum absolute atomic E-state index is 0.0338. The van der Waals surface area contributed by atoms with Gasteiger partial charge in [0.15, 0.2) is 5.82 Å². The highest BCUT2D eigenvalue weighted by Gasteiger charge is 2.24. The number of rotatable bonds is 13. The number of benzene rings is 3. The van der Waals surface area contributed by atoms with Crippen LogP contribution in [-0.2, 0) is 19.5 Å². The summed E-state index contributed by atoms with van der Waals surface area (Å²) in [5.74, 6) is -1.42. The number of nitrogens with zero attached hydrogens (tertiary/aromatic N) is 2. The predicted octanol–water partition coefficient (Wildman–Crippen LogP) is 4.22. The minimum Gasteiger partial charge on any atom is -0.497 e. The Kier molecular flexibility index (Phi) is 10.2. The second-order valence-electron chi connectivity index (χ2n) is 10.1. The van der Waals surface area contributed by atoms with Gasteiger partial charge in [0, 0.05) is 49.2 Å². The molecule has 4 aromatic rings. The first-order valence-corrected chi connectivity index (χ1v) is 13.6. The standard InChI is InChI=1S/C32H34F2N4O4/c1-4-38-9-8-36-31(38)30(40)23-10-20(2)11-24(16-23)32(41)37-28(15-22-12-25(33)17-26(34)13-22)29(39)19-35-18-21-6-5-7-27(14-21)42-3/h5-14,16-17,28-29,35,39H,4,15,18-19H2,1-3H3,(H,37,41)/t28-,29+/m0/s1. The van der Waals surface area contributed by atoms with Gasteiger partial charge in [-0.1, -0.05) is 12.1 Å². The Balaban J connectivity index is 1.53. The van der Waals surface area contributed by atoms with Gasteiger partial charge in [-0.2, -0.15) is 0 Å². The fourth-order valence-corrected chi connectivity index (χ4v) is 4.75. The lowest BCUT2D eigenvalue weighted by atomic mass is 9.98. The monoisotopic (exact) mass is 576 g/mol. The van der Waals surface area contributed by atoms with E-state index in [1.807, 2.05) is 31.2 Å². The molecule has 1 amide bonds. The van der Waals surface area contributed by atoms with E-state index in [0.717, 1.165) is 23.8 Å². The highest BCUT2D eigenvalue weighted by molar-refractivity contribution is 6.08. The van der Waals surface area contributed by atoms with Crippen LogP contribution in [-0.4, -0.2) is 52.1 Å². The fourth-order valence-electron chi connectivity index (χ4n) is 4.75. The molecule has 0 radical (unpaired) electrons. The third kappa shape index (κ3) is 7.86. The van der Waals surface area contributed by atoms with Gasteiger partial charge in [0.2, 0.25) is 5.78 Å². The number of aromatic nitrogens is 2. The van der Waals surface area contributed by atoms with E-state index >= 15 is 0 Å². The number of ketones is 1. The van der Waals surface area contributed by atoms with Crippen molar-refractivity contribution in [1.29, 1.82) is 0 Å². The van der Waals surface area contributed by atoms with Gasteiger partial charge >= 0.3 is 0 Å². The molecule has 0 unspecified atom stereocenters. The first-order chi connectivity index (χ1) is 20.2. The third-order valence-corrected chi connectivity index (χ3v) is 6.84. The quantitative estimate of drug-likeness (QED) is 0.206. The summed E-state index contributed by atoms with van der Waals surface area (Å²) in [7, 11) is 1.58. The lowest BCUT2D eigenvalue weighted by Crippen LogP contribution is -2.48. The number of carbonyl (C=O) groups is 2. The molecule has 3 N–H and O–H groups in total. The van der Waals surface area contributed by atoms with Crippen molar-refractivity contribution in [3.8, 4) is 5.75 Å². The summed E-state index contributed by atoms with van der Waals surface area (Å²) in [4.78, 5) is 30.8. The van der Waals surface area contributed by atoms with Crippen molar-refractivity contribution in [2.75, 3.05) is 13.7 Å². The van der Waals surface area contributed by atoms with Gasteiger partial charge in [-0.05, 0) is 79.4 Å². The predicted molar refractivity (Wildman–Crippen MR) is 155 cm³/mol. The molecule has 0 spiro atoms. The maximum absolute atomic E-state index is 13.9. The summed E-state index contributed by atoms with van der Waals surface area (Å²) in [5, 5.41) is 17.1. The van der Waals surface area contributed by atoms with Gasteiger partial charge in [0.05, 0.1) is 19.3 Å². The Bertz CT molecular complexity index is 1540. The molecule has 4 rings (SSSR count). The number of ether oxygens (including phenoxy) is 1. The number of halogens is 2. The van der Waals surface area contributed by atoms with Crippen molar-refractivity contribution in [2.45, 2.75) is 45.5 Å². The van der Waals surface area contributed by atoms with Gasteiger partial charge < -0.3 is 25.0 Å². The van der Waals surface area contributed by atoms with Gasteiger partial charge in [-0.25, -0.2) is 13.8 Å². The zero-order valence-corrected chi connectivity index (χ0v) is 23.7. The number of aliphatic hydroxyl groups excluding tert-OH is 1. The molecular formula is C32H34F2N4O4. The van der Waals surface area contributed by atoms with Crippen molar-refractivity contribution < 1.29 is 28.2 Å². The summed E-state index contributed by atoms with van der Waals surface area (Å²) in [6.07, 6.45) is 2.10. The number of hydrogen-bond donors (Lipinski definition) is 3. The Labute approximate surface area is 243 Å². The van der Waals surface area contributed by atoms with E-state index in [9.17, 15) is 23.5 Å². The minimum atomic E-state index is -1.12. The zero-order valence-electron chi connectivity index (χ0n) is 23.7. The van der Waals surface area contributed by atoms with Gasteiger partial charge in [0.25, 0.3) is 5.91 Å². The van der Waals surface area contributed by atoms with E-state index in [1.54, 1.807) is 43.1 Å². The molecule has 8 nitrogen and oxygen atoms in total. The number of methoxy groups -OCH3 is 1. The van der Waals surface area contributed by atoms with Crippen LogP contribution in [0.5, 0.6) is 5.75 Å². The second kappa shape index (κ2) is 14.0. The van der Waals surface area contributed by atoms with Crippen LogP contribution in [0.2, 0.25) is 0 Å². The molecule has 0 bridgehead atoms. The topological polar surface area (TPSA) is 105 Å². The van der Waals surface area contributed by atoms with Crippen LogP contribution in [0, 0.1) is 18.6 Å². The summed E-state index contributed by atoms with van der Waals surface area (Å²) in [6.45, 7) is 4.73. The number of amides is 1. The molecule has 2 atom stereocenters. The lowest BCUT2D eigenvalue weighted by molar-refractivity contribution is 0.0829. The first-order valence-electron chi connectivity index (χ1n) is 13.6. The maximum atomic E-state index is 13.9. The van der Waals surface area contributed by atoms with Crippen LogP contribution >= 0.6 is 0 Å². The van der Waals surface area contributed by atoms with Gasteiger partial charge in [-0.3, -0.25) is 9.59 Å². The normalized spacial score (nSPS) is 12.5. The van der Waals surface area contributed by atoms with Gasteiger partial charge in [0.1, 0.15) is 17.4 Å². The van der Waals surface area contributed by atoms with Gasteiger partial charge in [-0.15, -0.1) is 0 Å². The average Bonchev–Trinajstić information content (AvgIpc) is 3.44. The van der Waals surface area contributed by atoms with Crippen molar-refractivity contribution in [1.82, 2.24) is 20.2 Å². The second-order valence-corrected chi connectivity index (χ2v) is 10.1. The molecule has 42 heavy (non-hydrogen) atoms. The van der Waals surface area contributed by atoms with E-state index in [4.69, 9.17) is 4.74 Å². The SMILES string of the molecule is CCn1ccnc1C(=O)c1cc(C)cc(C(=O)N[C@@H](Cc2cc(F)cc(F)c2)[C@H](O)CNCc2cccc(OC)c2)c1. The fraction of sp³-hybridized carbons (Fsp3) is 0.281. The number of imidazole rings is 1. The number of nitrogens with one attached hydrogen (secondary N) is 2. The summed E-state index contributed by atoms with van der Waals surface area (Å²) in [5.41, 5.74) is 2.39. The molecule has 0 saturated carbocycles. The summed E-state index contributed by atoms with van der Waals surface area (Å²) >= 11 is 0. The molecule has 0 aliphatic heterocycles. The smallest absolute Gasteiger partial charge is 0.251 e. The Morgan fingerprint density at radius 3 is 2.48 bits per heavy atom. The van der Waals surface area contributed by atoms with Crippen LogP contribution in [0.15, 0.2) is 73.1 Å². The van der Waals surface area contributed by atoms with E-state index in [-0.39, 0.29) is 35.7 Å². The Hall–Kier alpha value is -4.41. The molecule has 1 heterocycles. The number of hydrogen-bond acceptors (Lipinski definition) is 6. The van der Waals surface area contributed by atoms with Crippen molar-refractivity contribution in [3.05, 3.63) is 118 Å². The van der Waals surface area contributed by atoms with Crippen molar-refractivity contribution in [3.63, 3.8) is 0 Å². The first kappa shape index (κ1) is 30.5. The summed E-state index contributed by atoms with van der Waals surface area (Å²) in [6, 6.07) is 14.4. The van der Waals surface area contributed by atoms with Crippen LogP contribution in [0.1, 0.15) is 50.2 Å². The van der Waals surface area contributed by atoms with Crippen LogP contribution in [0.25, 0.3) is 0 Å². The van der Waals surface area contributed by atoms with E-state index in [0.29, 0.717) is 30.0 Å². The zero-order chi connectivity index (χ0) is 30.2. The van der Waals surface area contributed by atoms with E-state index < -0.39 is 29.7 Å². The number of carbonyl (C=O) groups excluding carboxylic acids is 2. The highest BCUT2D eigenvalue weighted by Crippen LogP contribution is 2.17. The molecule has 0 saturated heterocycles. The third-order valence-electron chi connectivity index (χ3n) is 6.84. The molecule has 0 fully saturated rings. The molecule has 3 aromatic carbocycles. The summed E-state index contributed by atoms with van der Waals surface area (Å²) < 4.78 is 34.8. The van der Waals surface area contributed by atoms with Crippen molar-refractivity contribution >= 4 is 11.7 Å². The maximum Gasteiger partial charge on any atom is 0.251 e.